The molecule has 0 saturated carbocycles. The van der Waals surface area contributed by atoms with Crippen molar-refractivity contribution < 1.29 is 13.9 Å². The molecular formula is C12H16FNO2. The fourth-order valence-electron chi connectivity index (χ4n) is 1.70. The number of rotatable bonds is 3. The minimum absolute atomic E-state index is 0.270. The van der Waals surface area contributed by atoms with Gasteiger partial charge in [0.2, 0.25) is 0 Å². The number of fused-ring (bicyclic) bond motifs is 1. The summed E-state index contributed by atoms with van der Waals surface area (Å²) in [5, 5.41) is 3.00. The van der Waals surface area contributed by atoms with Crippen LogP contribution in [0.3, 0.4) is 0 Å². The normalized spacial score (nSPS) is 14.6. The van der Waals surface area contributed by atoms with Crippen LogP contribution in [0.25, 0.3) is 0 Å². The number of likely N-dealkylation sites (N-methyl/N-ethyl adjacent to an activating group) is 1. The van der Waals surface area contributed by atoms with Crippen molar-refractivity contribution in [2.45, 2.75) is 12.8 Å². The maximum atomic E-state index is 14.0. The van der Waals surface area contributed by atoms with E-state index in [9.17, 15) is 4.39 Å². The molecule has 0 aliphatic carbocycles. The van der Waals surface area contributed by atoms with Gasteiger partial charge in [-0.25, -0.2) is 4.39 Å². The summed E-state index contributed by atoms with van der Waals surface area (Å²) in [5.74, 6) is 0.504. The molecule has 0 fully saturated rings. The molecule has 0 amide bonds. The van der Waals surface area contributed by atoms with E-state index in [1.807, 2.05) is 7.05 Å². The Morgan fingerprint density at radius 2 is 2.12 bits per heavy atom. The summed E-state index contributed by atoms with van der Waals surface area (Å²) in [6, 6.07) is 3.55. The van der Waals surface area contributed by atoms with Crippen LogP contribution >= 0.6 is 0 Å². The summed E-state index contributed by atoms with van der Waals surface area (Å²) in [6.45, 7) is 1.85. The lowest BCUT2D eigenvalue weighted by Crippen LogP contribution is -2.11. The second-order valence-electron chi connectivity index (χ2n) is 3.77. The lowest BCUT2D eigenvalue weighted by atomic mass is 10.1. The van der Waals surface area contributed by atoms with E-state index in [-0.39, 0.29) is 11.6 Å². The summed E-state index contributed by atoms with van der Waals surface area (Å²) in [4.78, 5) is 0. The molecule has 1 aromatic carbocycles. The van der Waals surface area contributed by atoms with E-state index in [2.05, 4.69) is 5.32 Å². The second kappa shape index (κ2) is 5.16. The average molecular weight is 225 g/mol. The van der Waals surface area contributed by atoms with Crippen LogP contribution in [0.5, 0.6) is 11.5 Å². The highest BCUT2D eigenvalue weighted by Gasteiger charge is 2.17. The first-order valence-electron chi connectivity index (χ1n) is 5.54. The zero-order valence-corrected chi connectivity index (χ0v) is 9.38. The Morgan fingerprint density at radius 3 is 2.94 bits per heavy atom. The minimum atomic E-state index is -0.283. The third kappa shape index (κ3) is 2.27. The molecule has 3 nitrogen and oxygen atoms in total. The predicted octanol–water partition coefficient (Wildman–Crippen LogP) is 1.75. The standard InChI is InChI=1S/C12H16FNO2/c1-14-6-5-9-3-4-10-12(11(9)13)16-8-2-7-15-10/h3-4,14H,2,5-8H2,1H3. The number of halogens is 1. The summed E-state index contributed by atoms with van der Waals surface area (Å²) in [5.41, 5.74) is 0.665. The van der Waals surface area contributed by atoms with Gasteiger partial charge in [-0.3, -0.25) is 0 Å². The highest BCUT2D eigenvalue weighted by molar-refractivity contribution is 5.45. The maximum Gasteiger partial charge on any atom is 0.197 e. The van der Waals surface area contributed by atoms with Gasteiger partial charge in [-0.2, -0.15) is 0 Å². The van der Waals surface area contributed by atoms with Crippen LogP contribution in [0.2, 0.25) is 0 Å². The fraction of sp³-hybridized carbons (Fsp3) is 0.500. The number of ether oxygens (including phenoxy) is 2. The Labute approximate surface area is 94.6 Å². The first kappa shape index (κ1) is 11.2. The summed E-state index contributed by atoms with van der Waals surface area (Å²) in [7, 11) is 1.85. The van der Waals surface area contributed by atoms with Gasteiger partial charge in [0.15, 0.2) is 17.3 Å². The van der Waals surface area contributed by atoms with Gasteiger partial charge in [-0.05, 0) is 31.6 Å². The SMILES string of the molecule is CNCCc1ccc2c(c1F)OCCCO2. The van der Waals surface area contributed by atoms with Gasteiger partial charge < -0.3 is 14.8 Å². The van der Waals surface area contributed by atoms with Crippen molar-refractivity contribution in [1.82, 2.24) is 5.32 Å². The van der Waals surface area contributed by atoms with Crippen LogP contribution in [0.15, 0.2) is 12.1 Å². The Bertz CT molecular complexity index is 368. The minimum Gasteiger partial charge on any atom is -0.489 e. The Morgan fingerprint density at radius 1 is 1.31 bits per heavy atom. The summed E-state index contributed by atoms with van der Waals surface area (Å²) >= 11 is 0. The van der Waals surface area contributed by atoms with E-state index in [4.69, 9.17) is 9.47 Å². The maximum absolute atomic E-state index is 14.0. The molecule has 1 N–H and O–H groups in total. The quantitative estimate of drug-likeness (QED) is 0.850. The van der Waals surface area contributed by atoms with Gasteiger partial charge in [0.25, 0.3) is 0 Å². The van der Waals surface area contributed by atoms with Gasteiger partial charge in [0.1, 0.15) is 0 Å². The van der Waals surface area contributed by atoms with Crippen molar-refractivity contribution >= 4 is 0 Å². The summed E-state index contributed by atoms with van der Waals surface area (Å²) < 4.78 is 24.8. The fourth-order valence-corrected chi connectivity index (χ4v) is 1.70. The smallest absolute Gasteiger partial charge is 0.197 e. The zero-order chi connectivity index (χ0) is 11.4. The topological polar surface area (TPSA) is 30.5 Å². The average Bonchev–Trinajstić information content (AvgIpc) is 2.54. The monoisotopic (exact) mass is 225 g/mol. The van der Waals surface area contributed by atoms with E-state index in [1.165, 1.54) is 0 Å². The van der Waals surface area contributed by atoms with Crippen molar-refractivity contribution in [2.24, 2.45) is 0 Å². The Kier molecular flexibility index (Phi) is 3.62. The molecule has 1 aliphatic heterocycles. The number of nitrogens with one attached hydrogen (secondary N) is 1. The van der Waals surface area contributed by atoms with E-state index < -0.39 is 0 Å². The van der Waals surface area contributed by atoms with Gasteiger partial charge >= 0.3 is 0 Å². The largest absolute Gasteiger partial charge is 0.489 e. The lowest BCUT2D eigenvalue weighted by molar-refractivity contribution is 0.291. The second-order valence-corrected chi connectivity index (χ2v) is 3.77. The molecule has 1 heterocycles. The van der Waals surface area contributed by atoms with E-state index in [0.29, 0.717) is 30.9 Å². The molecule has 0 atom stereocenters. The van der Waals surface area contributed by atoms with Crippen molar-refractivity contribution in [3.05, 3.63) is 23.5 Å². The third-order valence-corrected chi connectivity index (χ3v) is 2.58. The molecule has 1 aliphatic rings. The number of hydrogen-bond acceptors (Lipinski definition) is 3. The molecule has 0 saturated heterocycles. The first-order chi connectivity index (χ1) is 7.83. The highest BCUT2D eigenvalue weighted by Crippen LogP contribution is 2.34. The van der Waals surface area contributed by atoms with Gasteiger partial charge in [0.05, 0.1) is 13.2 Å². The molecule has 1 aromatic rings. The van der Waals surface area contributed by atoms with Gasteiger partial charge in [0, 0.05) is 6.42 Å². The first-order valence-corrected chi connectivity index (χ1v) is 5.54. The molecular weight excluding hydrogens is 209 g/mol. The van der Waals surface area contributed by atoms with Crippen LogP contribution < -0.4 is 14.8 Å². The molecule has 88 valence electrons. The molecule has 0 bridgehead atoms. The van der Waals surface area contributed by atoms with Gasteiger partial charge in [-0.1, -0.05) is 6.07 Å². The number of hydrogen-bond donors (Lipinski definition) is 1. The van der Waals surface area contributed by atoms with Crippen molar-refractivity contribution in [1.29, 1.82) is 0 Å². The van der Waals surface area contributed by atoms with E-state index in [1.54, 1.807) is 12.1 Å². The van der Waals surface area contributed by atoms with Crippen molar-refractivity contribution in [3.63, 3.8) is 0 Å². The molecule has 0 aromatic heterocycles. The van der Waals surface area contributed by atoms with E-state index >= 15 is 0 Å². The predicted molar refractivity (Wildman–Crippen MR) is 59.6 cm³/mol. The van der Waals surface area contributed by atoms with Crippen molar-refractivity contribution in [3.8, 4) is 11.5 Å². The molecule has 0 radical (unpaired) electrons. The van der Waals surface area contributed by atoms with Gasteiger partial charge in [-0.15, -0.1) is 0 Å². The molecule has 0 unspecified atom stereocenters. The zero-order valence-electron chi connectivity index (χ0n) is 9.38. The summed E-state index contributed by atoms with van der Waals surface area (Å²) in [6.07, 6.45) is 1.44. The van der Waals surface area contributed by atoms with Crippen LogP contribution in [-0.2, 0) is 6.42 Å². The Hall–Kier alpha value is -1.29. The molecule has 16 heavy (non-hydrogen) atoms. The number of benzene rings is 1. The van der Waals surface area contributed by atoms with Crippen LogP contribution in [0, 0.1) is 5.82 Å². The lowest BCUT2D eigenvalue weighted by Gasteiger charge is -2.11. The van der Waals surface area contributed by atoms with E-state index in [0.717, 1.165) is 13.0 Å². The van der Waals surface area contributed by atoms with Crippen LogP contribution in [0.1, 0.15) is 12.0 Å². The molecule has 0 spiro atoms. The highest BCUT2D eigenvalue weighted by atomic mass is 19.1. The molecule has 2 rings (SSSR count). The molecule has 4 heteroatoms. The Balaban J connectivity index is 2.26. The van der Waals surface area contributed by atoms with Crippen LogP contribution in [-0.4, -0.2) is 26.8 Å². The third-order valence-electron chi connectivity index (χ3n) is 2.58. The van der Waals surface area contributed by atoms with Crippen LogP contribution in [0.4, 0.5) is 4.39 Å². The van der Waals surface area contributed by atoms with Crippen molar-refractivity contribution in [2.75, 3.05) is 26.8 Å².